The standard InChI is InChI=1S/C17H20FN3O2S/c1-2-14-15(24-17(19)20-14)16(22)21-8-6-12(7-9-21)23-13-5-3-4-11(18)10-13/h3-5,10,12H,2,6-9H2,1H3,(H2,19,20). The normalized spacial score (nSPS) is 15.5. The number of hydrogen-bond acceptors (Lipinski definition) is 5. The molecule has 1 aromatic carbocycles. The van der Waals surface area contributed by atoms with Crippen molar-refractivity contribution in [3.63, 3.8) is 0 Å². The van der Waals surface area contributed by atoms with Crippen LogP contribution in [0.4, 0.5) is 9.52 Å². The fourth-order valence-electron chi connectivity index (χ4n) is 2.83. The van der Waals surface area contributed by atoms with E-state index >= 15 is 0 Å². The first-order valence-corrected chi connectivity index (χ1v) is 8.85. The van der Waals surface area contributed by atoms with Crippen LogP contribution in [0.5, 0.6) is 5.75 Å². The van der Waals surface area contributed by atoms with Gasteiger partial charge in [-0.25, -0.2) is 9.37 Å². The highest BCUT2D eigenvalue weighted by molar-refractivity contribution is 7.17. The van der Waals surface area contributed by atoms with Gasteiger partial charge in [0.25, 0.3) is 5.91 Å². The number of benzene rings is 1. The van der Waals surface area contributed by atoms with Gasteiger partial charge >= 0.3 is 0 Å². The largest absolute Gasteiger partial charge is 0.490 e. The van der Waals surface area contributed by atoms with Crippen molar-refractivity contribution >= 4 is 22.4 Å². The lowest BCUT2D eigenvalue weighted by atomic mass is 10.1. The number of nitrogens with two attached hydrogens (primary N) is 1. The number of hydrogen-bond donors (Lipinski definition) is 1. The van der Waals surface area contributed by atoms with Gasteiger partial charge in [0.1, 0.15) is 22.5 Å². The average Bonchev–Trinajstić information content (AvgIpc) is 2.96. The third-order valence-corrected chi connectivity index (χ3v) is 4.99. The van der Waals surface area contributed by atoms with Crippen LogP contribution >= 0.6 is 11.3 Å². The Hall–Kier alpha value is -2.15. The van der Waals surface area contributed by atoms with Crippen LogP contribution in [0.25, 0.3) is 0 Å². The van der Waals surface area contributed by atoms with E-state index in [9.17, 15) is 9.18 Å². The number of carbonyl (C=O) groups excluding carboxylic acids is 1. The number of rotatable bonds is 4. The van der Waals surface area contributed by atoms with Crippen molar-refractivity contribution in [2.75, 3.05) is 18.8 Å². The third-order valence-electron chi connectivity index (χ3n) is 4.07. The lowest BCUT2D eigenvalue weighted by Crippen LogP contribution is -2.41. The molecule has 1 aliphatic rings. The average molecular weight is 349 g/mol. The maximum absolute atomic E-state index is 13.2. The molecule has 3 rings (SSSR count). The molecule has 0 radical (unpaired) electrons. The van der Waals surface area contributed by atoms with Crippen molar-refractivity contribution in [3.8, 4) is 5.75 Å². The smallest absolute Gasteiger partial charge is 0.265 e. The van der Waals surface area contributed by atoms with Crippen LogP contribution in [0.1, 0.15) is 35.1 Å². The number of ether oxygens (including phenoxy) is 1. The van der Waals surface area contributed by atoms with Crippen LogP contribution in [-0.4, -0.2) is 35.0 Å². The van der Waals surface area contributed by atoms with E-state index in [-0.39, 0.29) is 17.8 Å². The molecule has 0 aliphatic carbocycles. The molecule has 1 saturated heterocycles. The molecule has 5 nitrogen and oxygen atoms in total. The van der Waals surface area contributed by atoms with Gasteiger partial charge in [-0.1, -0.05) is 24.3 Å². The van der Waals surface area contributed by atoms with Crippen LogP contribution in [0.15, 0.2) is 24.3 Å². The zero-order chi connectivity index (χ0) is 17.1. The molecule has 1 aromatic heterocycles. The molecule has 2 N–H and O–H groups in total. The van der Waals surface area contributed by atoms with Gasteiger partial charge in [0.2, 0.25) is 0 Å². The number of nitrogens with zero attached hydrogens (tertiary/aromatic N) is 2. The zero-order valence-corrected chi connectivity index (χ0v) is 14.3. The summed E-state index contributed by atoms with van der Waals surface area (Å²) in [5.41, 5.74) is 6.49. The zero-order valence-electron chi connectivity index (χ0n) is 13.5. The predicted molar refractivity (Wildman–Crippen MR) is 91.9 cm³/mol. The van der Waals surface area contributed by atoms with Gasteiger partial charge in [-0.05, 0) is 18.6 Å². The van der Waals surface area contributed by atoms with Crippen molar-refractivity contribution in [3.05, 3.63) is 40.7 Å². The van der Waals surface area contributed by atoms with Crippen LogP contribution in [0.2, 0.25) is 0 Å². The topological polar surface area (TPSA) is 68.5 Å². The van der Waals surface area contributed by atoms with Gasteiger partial charge in [0.15, 0.2) is 5.13 Å². The third kappa shape index (κ3) is 3.67. The number of aromatic nitrogens is 1. The van der Waals surface area contributed by atoms with Crippen LogP contribution in [-0.2, 0) is 6.42 Å². The summed E-state index contributed by atoms with van der Waals surface area (Å²) in [7, 11) is 0. The lowest BCUT2D eigenvalue weighted by Gasteiger charge is -2.32. The van der Waals surface area contributed by atoms with Gasteiger partial charge in [-0.15, -0.1) is 0 Å². The van der Waals surface area contributed by atoms with Gasteiger partial charge in [-0.2, -0.15) is 0 Å². The van der Waals surface area contributed by atoms with Gasteiger partial charge < -0.3 is 15.4 Å². The lowest BCUT2D eigenvalue weighted by molar-refractivity contribution is 0.0598. The van der Waals surface area contributed by atoms with Gasteiger partial charge in [0, 0.05) is 32.0 Å². The summed E-state index contributed by atoms with van der Waals surface area (Å²) < 4.78 is 19.0. The fourth-order valence-corrected chi connectivity index (χ4v) is 3.72. The molecule has 0 spiro atoms. The van der Waals surface area contributed by atoms with Crippen molar-refractivity contribution in [1.82, 2.24) is 9.88 Å². The highest BCUT2D eigenvalue weighted by Crippen LogP contribution is 2.25. The van der Waals surface area contributed by atoms with Gasteiger partial charge in [0.05, 0.1) is 5.69 Å². The van der Waals surface area contributed by atoms with Gasteiger partial charge in [-0.3, -0.25) is 4.79 Å². The van der Waals surface area contributed by atoms with E-state index < -0.39 is 0 Å². The van der Waals surface area contributed by atoms with E-state index in [0.29, 0.717) is 35.3 Å². The highest BCUT2D eigenvalue weighted by atomic mass is 32.1. The van der Waals surface area contributed by atoms with Crippen molar-refractivity contribution in [2.45, 2.75) is 32.3 Å². The Bertz CT molecular complexity index is 726. The Balaban J connectivity index is 1.59. The number of piperidine rings is 1. The summed E-state index contributed by atoms with van der Waals surface area (Å²) in [5, 5.41) is 0.430. The number of thiazole rings is 1. The summed E-state index contributed by atoms with van der Waals surface area (Å²) in [6.45, 7) is 3.18. The molecular formula is C17H20FN3O2S. The first-order chi connectivity index (χ1) is 11.6. The quantitative estimate of drug-likeness (QED) is 0.921. The number of aryl methyl sites for hydroxylation is 1. The molecular weight excluding hydrogens is 329 g/mol. The van der Waals surface area contributed by atoms with E-state index in [2.05, 4.69) is 4.98 Å². The minimum absolute atomic E-state index is 0.00646. The van der Waals surface area contributed by atoms with Crippen molar-refractivity contribution in [1.29, 1.82) is 0 Å². The molecule has 0 bridgehead atoms. The van der Waals surface area contributed by atoms with E-state index in [1.54, 1.807) is 12.1 Å². The number of likely N-dealkylation sites (tertiary alicyclic amines) is 1. The van der Waals surface area contributed by atoms with E-state index in [1.807, 2.05) is 11.8 Å². The fraction of sp³-hybridized carbons (Fsp3) is 0.412. The predicted octanol–water partition coefficient (Wildman–Crippen LogP) is 3.11. The molecule has 1 fully saturated rings. The highest BCUT2D eigenvalue weighted by Gasteiger charge is 2.27. The molecule has 1 aliphatic heterocycles. The summed E-state index contributed by atoms with van der Waals surface area (Å²) >= 11 is 1.25. The second-order valence-corrected chi connectivity index (χ2v) is 6.78. The van der Waals surface area contributed by atoms with Crippen LogP contribution < -0.4 is 10.5 Å². The second kappa shape index (κ2) is 7.17. The molecule has 1 amide bonds. The Morgan fingerprint density at radius 2 is 2.21 bits per heavy atom. The number of anilines is 1. The molecule has 128 valence electrons. The first-order valence-electron chi connectivity index (χ1n) is 8.03. The van der Waals surface area contributed by atoms with E-state index in [1.165, 1.54) is 23.5 Å². The Morgan fingerprint density at radius 3 is 2.88 bits per heavy atom. The first kappa shape index (κ1) is 16.7. The molecule has 7 heteroatoms. The maximum atomic E-state index is 13.2. The number of halogens is 1. The summed E-state index contributed by atoms with van der Waals surface area (Å²) in [6, 6.07) is 6.14. The number of amides is 1. The molecule has 0 unspecified atom stereocenters. The van der Waals surface area contributed by atoms with Crippen LogP contribution in [0.3, 0.4) is 0 Å². The number of carbonyl (C=O) groups is 1. The van der Waals surface area contributed by atoms with E-state index in [4.69, 9.17) is 10.5 Å². The molecule has 24 heavy (non-hydrogen) atoms. The summed E-state index contributed by atoms with van der Waals surface area (Å²) in [4.78, 5) is 19.3. The number of nitrogen functional groups attached to an aromatic ring is 1. The maximum Gasteiger partial charge on any atom is 0.265 e. The minimum atomic E-state index is -0.310. The van der Waals surface area contributed by atoms with Crippen molar-refractivity contribution < 1.29 is 13.9 Å². The summed E-state index contributed by atoms with van der Waals surface area (Å²) in [5.74, 6) is 0.212. The molecule has 2 aromatic rings. The van der Waals surface area contributed by atoms with E-state index in [0.717, 1.165) is 18.5 Å². The summed E-state index contributed by atoms with van der Waals surface area (Å²) in [6.07, 6.45) is 2.12. The monoisotopic (exact) mass is 349 g/mol. The SMILES string of the molecule is CCc1nc(N)sc1C(=O)N1CCC(Oc2cccc(F)c2)CC1. The molecule has 0 atom stereocenters. The minimum Gasteiger partial charge on any atom is -0.490 e. The Kier molecular flexibility index (Phi) is 4.99. The Morgan fingerprint density at radius 1 is 1.46 bits per heavy atom. The van der Waals surface area contributed by atoms with Crippen molar-refractivity contribution in [2.24, 2.45) is 0 Å². The van der Waals surface area contributed by atoms with Crippen LogP contribution in [0, 0.1) is 5.82 Å². The Labute approximate surface area is 144 Å². The second-order valence-electron chi connectivity index (χ2n) is 5.75. The molecule has 2 heterocycles. The molecule has 0 saturated carbocycles.